The summed E-state index contributed by atoms with van der Waals surface area (Å²) >= 11 is 3.50. The molecule has 39 heavy (non-hydrogen) atoms. The molecule has 7 nitrogen and oxygen atoms in total. The summed E-state index contributed by atoms with van der Waals surface area (Å²) in [4.78, 5) is 56.2. The third-order valence-electron chi connectivity index (χ3n) is 7.35. The van der Waals surface area contributed by atoms with Crippen molar-refractivity contribution in [1.29, 1.82) is 0 Å². The highest BCUT2D eigenvalue weighted by atomic mass is 79.9. The van der Waals surface area contributed by atoms with E-state index in [0.29, 0.717) is 25.8 Å². The summed E-state index contributed by atoms with van der Waals surface area (Å²) in [5, 5.41) is 3.01. The van der Waals surface area contributed by atoms with Crippen molar-refractivity contribution in [2.45, 2.75) is 52.1 Å². The molecule has 206 valence electrons. The topological polar surface area (TPSA) is 86.8 Å². The van der Waals surface area contributed by atoms with Crippen LogP contribution in [0.3, 0.4) is 0 Å². The molecule has 4 amide bonds. The molecule has 0 spiro atoms. The van der Waals surface area contributed by atoms with Crippen LogP contribution >= 0.6 is 15.9 Å². The maximum atomic E-state index is 13.9. The first-order valence-corrected chi connectivity index (χ1v) is 14.4. The third-order valence-corrected chi connectivity index (χ3v) is 7.84. The number of likely N-dealkylation sites (tertiary alicyclic amines) is 1. The minimum atomic E-state index is -0.755. The zero-order valence-electron chi connectivity index (χ0n) is 22.5. The molecule has 0 bridgehead atoms. The van der Waals surface area contributed by atoms with Gasteiger partial charge in [0, 0.05) is 36.9 Å². The summed E-state index contributed by atoms with van der Waals surface area (Å²) in [6, 6.07) is 16.5. The van der Waals surface area contributed by atoms with Gasteiger partial charge in [-0.3, -0.25) is 24.1 Å². The number of carbonyl (C=O) groups is 4. The van der Waals surface area contributed by atoms with Gasteiger partial charge in [0.05, 0.1) is 11.8 Å². The number of hydrogen-bond acceptors (Lipinski definition) is 4. The minimum Gasteiger partial charge on any atom is -0.354 e. The number of benzene rings is 2. The number of rotatable bonds is 11. The van der Waals surface area contributed by atoms with Crippen molar-refractivity contribution in [2.24, 2.45) is 17.8 Å². The predicted molar refractivity (Wildman–Crippen MR) is 153 cm³/mol. The van der Waals surface area contributed by atoms with E-state index in [-0.39, 0.29) is 60.9 Å². The molecule has 8 heteroatoms. The zero-order chi connectivity index (χ0) is 27.9. The summed E-state index contributed by atoms with van der Waals surface area (Å²) in [6.07, 6.45) is 5.33. The quantitative estimate of drug-likeness (QED) is 0.307. The van der Waals surface area contributed by atoms with Crippen LogP contribution in [0, 0.1) is 17.8 Å². The fraction of sp³-hybridized carbons (Fsp3) is 0.419. The van der Waals surface area contributed by atoms with E-state index >= 15 is 0 Å². The van der Waals surface area contributed by atoms with Crippen molar-refractivity contribution in [3.63, 3.8) is 0 Å². The van der Waals surface area contributed by atoms with Crippen LogP contribution in [0.15, 0.2) is 71.2 Å². The van der Waals surface area contributed by atoms with Crippen LogP contribution in [0.5, 0.6) is 0 Å². The number of nitrogens with zero attached hydrogens (tertiary/aromatic N) is 2. The number of nitrogens with one attached hydrogen (secondary N) is 1. The van der Waals surface area contributed by atoms with Crippen LogP contribution in [0.4, 0.5) is 0 Å². The van der Waals surface area contributed by atoms with Crippen LogP contribution in [0.25, 0.3) is 0 Å². The Hall–Kier alpha value is -3.26. The lowest BCUT2D eigenvalue weighted by molar-refractivity contribution is -0.144. The van der Waals surface area contributed by atoms with Gasteiger partial charge in [-0.1, -0.05) is 84.4 Å². The zero-order valence-corrected chi connectivity index (χ0v) is 24.1. The van der Waals surface area contributed by atoms with Gasteiger partial charge in [0.25, 0.3) is 0 Å². The maximum absolute atomic E-state index is 13.9. The van der Waals surface area contributed by atoms with E-state index in [0.717, 1.165) is 15.6 Å². The van der Waals surface area contributed by atoms with Gasteiger partial charge in [0.2, 0.25) is 23.6 Å². The van der Waals surface area contributed by atoms with Crippen molar-refractivity contribution in [2.75, 3.05) is 13.1 Å². The molecule has 1 aliphatic heterocycles. The third kappa shape index (κ3) is 7.24. The van der Waals surface area contributed by atoms with Crippen molar-refractivity contribution in [3.05, 3.63) is 82.3 Å². The summed E-state index contributed by atoms with van der Waals surface area (Å²) in [5.41, 5.74) is 1.81. The summed E-state index contributed by atoms with van der Waals surface area (Å²) < 4.78 is 0.876. The molecule has 4 rings (SSSR count). The van der Waals surface area contributed by atoms with Crippen LogP contribution in [-0.4, -0.2) is 52.6 Å². The summed E-state index contributed by atoms with van der Waals surface area (Å²) in [6.45, 7) is 4.78. The molecular formula is C31H36BrN3O4. The van der Waals surface area contributed by atoms with Crippen molar-refractivity contribution < 1.29 is 19.2 Å². The summed E-state index contributed by atoms with van der Waals surface area (Å²) in [7, 11) is 0. The Bertz CT molecular complexity index is 1200. The lowest BCUT2D eigenvalue weighted by atomic mass is 9.85. The number of allylic oxidation sites excluding steroid dienone is 2. The first-order chi connectivity index (χ1) is 18.7. The lowest BCUT2D eigenvalue weighted by Crippen LogP contribution is -2.51. The number of carbonyl (C=O) groups excluding carboxylic acids is 4. The second kappa shape index (κ2) is 13.2. The number of amides is 4. The average Bonchev–Trinajstić information content (AvgIpc) is 3.17. The second-order valence-electron chi connectivity index (χ2n) is 10.7. The number of imide groups is 1. The Balaban J connectivity index is 1.58. The van der Waals surface area contributed by atoms with Crippen molar-refractivity contribution in [1.82, 2.24) is 15.1 Å². The van der Waals surface area contributed by atoms with Gasteiger partial charge in [0.1, 0.15) is 6.04 Å². The number of fused-ring (bicyclic) bond motifs is 1. The molecule has 2 aromatic carbocycles. The maximum Gasteiger partial charge on any atom is 0.243 e. The van der Waals surface area contributed by atoms with E-state index in [1.807, 2.05) is 80.6 Å². The predicted octanol–water partition coefficient (Wildman–Crippen LogP) is 4.50. The number of hydrogen-bond donors (Lipinski definition) is 1. The number of halogens is 1. The van der Waals surface area contributed by atoms with Crippen molar-refractivity contribution in [3.8, 4) is 0 Å². The Kier molecular flexibility index (Phi) is 9.73. The molecule has 1 saturated heterocycles. The Labute approximate surface area is 238 Å². The smallest absolute Gasteiger partial charge is 0.243 e. The molecule has 3 atom stereocenters. The first kappa shape index (κ1) is 28.7. The first-order valence-electron chi connectivity index (χ1n) is 13.6. The van der Waals surface area contributed by atoms with Crippen LogP contribution < -0.4 is 5.32 Å². The van der Waals surface area contributed by atoms with E-state index < -0.39 is 6.04 Å². The molecule has 1 N–H and O–H groups in total. The molecule has 0 radical (unpaired) electrons. The molecule has 1 aliphatic carbocycles. The molecule has 0 aromatic heterocycles. The van der Waals surface area contributed by atoms with Crippen LogP contribution in [0.1, 0.15) is 44.2 Å². The second-order valence-corrected chi connectivity index (χ2v) is 11.6. The molecule has 1 fully saturated rings. The lowest BCUT2D eigenvalue weighted by Gasteiger charge is -2.32. The molecule has 2 aromatic rings. The SMILES string of the molecule is CC(C)CNC(=O)[C@H](Cc1ccccc1)N(Cc1cccc(Br)c1)C(=O)CCN1C(=O)[C@H]2CC=CC[C@H]2C1=O. The van der Waals surface area contributed by atoms with E-state index in [1.165, 1.54) is 4.90 Å². The molecule has 0 unspecified atom stereocenters. The molecule has 0 saturated carbocycles. The Morgan fingerprint density at radius 2 is 1.62 bits per heavy atom. The normalized spacial score (nSPS) is 19.2. The Morgan fingerprint density at radius 1 is 0.974 bits per heavy atom. The highest BCUT2D eigenvalue weighted by Gasteiger charge is 2.47. The minimum absolute atomic E-state index is 0.0180. The highest BCUT2D eigenvalue weighted by molar-refractivity contribution is 9.10. The fourth-order valence-electron chi connectivity index (χ4n) is 5.25. The van der Waals surface area contributed by atoms with Gasteiger partial charge >= 0.3 is 0 Å². The van der Waals surface area contributed by atoms with Gasteiger partial charge in [-0.05, 0) is 42.0 Å². The van der Waals surface area contributed by atoms with Crippen LogP contribution in [-0.2, 0) is 32.1 Å². The summed E-state index contributed by atoms with van der Waals surface area (Å²) in [5.74, 6) is -1.30. The van der Waals surface area contributed by atoms with Gasteiger partial charge in [0.15, 0.2) is 0 Å². The van der Waals surface area contributed by atoms with E-state index in [4.69, 9.17) is 0 Å². The highest BCUT2D eigenvalue weighted by Crippen LogP contribution is 2.35. The van der Waals surface area contributed by atoms with Crippen molar-refractivity contribution >= 4 is 39.6 Å². The largest absolute Gasteiger partial charge is 0.354 e. The molecular weight excluding hydrogens is 558 g/mol. The monoisotopic (exact) mass is 593 g/mol. The fourth-order valence-corrected chi connectivity index (χ4v) is 5.70. The van der Waals surface area contributed by atoms with E-state index in [1.54, 1.807) is 4.90 Å². The van der Waals surface area contributed by atoms with Gasteiger partial charge < -0.3 is 10.2 Å². The average molecular weight is 595 g/mol. The molecule has 2 aliphatic rings. The standard InChI is InChI=1S/C31H36BrN3O4/c1-21(2)19-33-29(37)27(18-22-9-4-3-5-10-22)35(20-23-11-8-12-24(32)17-23)28(36)15-16-34-30(38)25-13-6-7-14-26(25)31(34)39/h3-12,17,21,25-27H,13-16,18-20H2,1-2H3,(H,33,37)/t25-,26+,27-/m0/s1. The van der Waals surface area contributed by atoms with E-state index in [2.05, 4.69) is 21.2 Å². The molecule has 1 heterocycles. The van der Waals surface area contributed by atoms with Crippen LogP contribution in [0.2, 0.25) is 0 Å². The van der Waals surface area contributed by atoms with E-state index in [9.17, 15) is 19.2 Å². The Morgan fingerprint density at radius 3 is 2.23 bits per heavy atom. The van der Waals surface area contributed by atoms with Gasteiger partial charge in [-0.15, -0.1) is 0 Å². The van der Waals surface area contributed by atoms with Gasteiger partial charge in [-0.25, -0.2) is 0 Å². The van der Waals surface area contributed by atoms with Gasteiger partial charge in [-0.2, -0.15) is 0 Å².